The van der Waals surface area contributed by atoms with Gasteiger partial charge in [0.1, 0.15) is 11.5 Å². The Labute approximate surface area is 175 Å². The lowest BCUT2D eigenvalue weighted by Crippen LogP contribution is -2.37. The van der Waals surface area contributed by atoms with Crippen LogP contribution in [0.1, 0.15) is 35.0 Å². The van der Waals surface area contributed by atoms with E-state index in [0.717, 1.165) is 5.56 Å². The van der Waals surface area contributed by atoms with Crippen LogP contribution in [0.15, 0.2) is 35.7 Å². The molecule has 29 heavy (non-hydrogen) atoms. The molecule has 1 aromatic heterocycles. The minimum Gasteiger partial charge on any atom is -0.497 e. The van der Waals surface area contributed by atoms with Crippen LogP contribution in [-0.2, 0) is 4.79 Å². The van der Waals surface area contributed by atoms with Gasteiger partial charge in [-0.05, 0) is 23.4 Å². The summed E-state index contributed by atoms with van der Waals surface area (Å²) in [6.45, 7) is 5.59. The zero-order chi connectivity index (χ0) is 21.0. The van der Waals surface area contributed by atoms with E-state index in [0.29, 0.717) is 41.9 Å². The molecule has 2 heterocycles. The van der Waals surface area contributed by atoms with Gasteiger partial charge >= 0.3 is 0 Å². The maximum atomic E-state index is 13.0. The standard InChI is InChI=1S/C22H28N2O4S/c1-14(2)11-23-21(25)18-13-24(22(26)20-6-5-9-29-20)12-17(18)16-8-7-15(27-3)10-19(16)28-4/h5-10,14,17-18H,11-13H2,1-4H3,(H,23,25)/t17-,18-/m0/s1. The van der Waals surface area contributed by atoms with Crippen LogP contribution in [-0.4, -0.2) is 50.6 Å². The Morgan fingerprint density at radius 1 is 1.21 bits per heavy atom. The largest absolute Gasteiger partial charge is 0.497 e. The number of hydrogen-bond donors (Lipinski definition) is 1. The lowest BCUT2D eigenvalue weighted by Gasteiger charge is -2.21. The first-order valence-corrected chi connectivity index (χ1v) is 10.6. The summed E-state index contributed by atoms with van der Waals surface area (Å²) in [6.07, 6.45) is 0. The third-order valence-corrected chi connectivity index (χ3v) is 6.06. The van der Waals surface area contributed by atoms with E-state index in [1.807, 2.05) is 35.7 Å². The van der Waals surface area contributed by atoms with E-state index in [-0.39, 0.29) is 23.7 Å². The van der Waals surface area contributed by atoms with Crippen molar-refractivity contribution < 1.29 is 19.1 Å². The summed E-state index contributed by atoms with van der Waals surface area (Å²) in [4.78, 5) is 28.4. The summed E-state index contributed by atoms with van der Waals surface area (Å²) in [5.74, 6) is 1.18. The molecule has 2 amide bonds. The number of carbonyl (C=O) groups excluding carboxylic acids is 2. The summed E-state index contributed by atoms with van der Waals surface area (Å²) < 4.78 is 10.9. The molecule has 1 N–H and O–H groups in total. The number of methoxy groups -OCH3 is 2. The predicted octanol–water partition coefficient (Wildman–Crippen LogP) is 3.39. The topological polar surface area (TPSA) is 67.9 Å². The maximum Gasteiger partial charge on any atom is 0.263 e. The molecule has 6 nitrogen and oxygen atoms in total. The first-order valence-electron chi connectivity index (χ1n) is 9.77. The normalized spacial score (nSPS) is 18.7. The summed E-state index contributed by atoms with van der Waals surface area (Å²) >= 11 is 1.42. The van der Waals surface area contributed by atoms with Crippen molar-refractivity contribution in [2.75, 3.05) is 33.9 Å². The van der Waals surface area contributed by atoms with E-state index in [2.05, 4.69) is 19.2 Å². The van der Waals surface area contributed by atoms with Gasteiger partial charge in [-0.3, -0.25) is 9.59 Å². The van der Waals surface area contributed by atoms with E-state index in [4.69, 9.17) is 9.47 Å². The molecule has 1 aliphatic heterocycles. The number of hydrogen-bond acceptors (Lipinski definition) is 5. The molecule has 2 aromatic rings. The van der Waals surface area contributed by atoms with Gasteiger partial charge in [-0.1, -0.05) is 26.0 Å². The van der Waals surface area contributed by atoms with Crippen molar-refractivity contribution in [1.82, 2.24) is 10.2 Å². The van der Waals surface area contributed by atoms with Crippen LogP contribution in [0.25, 0.3) is 0 Å². The highest BCUT2D eigenvalue weighted by atomic mass is 32.1. The molecule has 0 aliphatic carbocycles. The van der Waals surface area contributed by atoms with Gasteiger partial charge in [0.15, 0.2) is 0 Å². The van der Waals surface area contributed by atoms with Crippen molar-refractivity contribution in [1.29, 1.82) is 0 Å². The SMILES string of the molecule is COc1ccc([C@@H]2CN(C(=O)c3cccs3)C[C@@H]2C(=O)NCC(C)C)c(OC)c1. The molecular weight excluding hydrogens is 388 g/mol. The third-order valence-electron chi connectivity index (χ3n) is 5.20. The van der Waals surface area contributed by atoms with Crippen molar-refractivity contribution in [2.24, 2.45) is 11.8 Å². The zero-order valence-corrected chi connectivity index (χ0v) is 18.1. The van der Waals surface area contributed by atoms with Crippen LogP contribution >= 0.6 is 11.3 Å². The Morgan fingerprint density at radius 3 is 2.62 bits per heavy atom. The number of nitrogens with one attached hydrogen (secondary N) is 1. The van der Waals surface area contributed by atoms with Crippen LogP contribution in [0.3, 0.4) is 0 Å². The highest BCUT2D eigenvalue weighted by Gasteiger charge is 2.42. The molecular formula is C22H28N2O4S. The van der Waals surface area contributed by atoms with E-state index in [1.165, 1.54) is 11.3 Å². The number of amides is 2. The third kappa shape index (κ3) is 4.72. The molecule has 1 saturated heterocycles. The van der Waals surface area contributed by atoms with Gasteiger partial charge < -0.3 is 19.7 Å². The van der Waals surface area contributed by atoms with Crippen LogP contribution in [0.2, 0.25) is 0 Å². The highest BCUT2D eigenvalue weighted by molar-refractivity contribution is 7.12. The number of likely N-dealkylation sites (tertiary alicyclic amines) is 1. The minimum atomic E-state index is -0.333. The molecule has 1 aromatic carbocycles. The fourth-order valence-corrected chi connectivity index (χ4v) is 4.36. The maximum absolute atomic E-state index is 13.0. The molecule has 0 unspecified atom stereocenters. The quantitative estimate of drug-likeness (QED) is 0.751. The van der Waals surface area contributed by atoms with Crippen molar-refractivity contribution in [3.8, 4) is 11.5 Å². The van der Waals surface area contributed by atoms with Gasteiger partial charge in [0.25, 0.3) is 5.91 Å². The molecule has 3 rings (SSSR count). The fourth-order valence-electron chi connectivity index (χ4n) is 3.67. The average Bonchev–Trinajstić information content (AvgIpc) is 3.41. The number of rotatable bonds is 7. The second-order valence-electron chi connectivity index (χ2n) is 7.65. The Morgan fingerprint density at radius 2 is 2.00 bits per heavy atom. The molecule has 1 aliphatic rings. The Bertz CT molecular complexity index is 851. The Balaban J connectivity index is 1.90. The second kappa shape index (κ2) is 9.31. The molecule has 0 spiro atoms. The van der Waals surface area contributed by atoms with E-state index in [9.17, 15) is 9.59 Å². The molecule has 1 fully saturated rings. The van der Waals surface area contributed by atoms with Crippen LogP contribution in [0.4, 0.5) is 0 Å². The van der Waals surface area contributed by atoms with Crippen molar-refractivity contribution >= 4 is 23.2 Å². The van der Waals surface area contributed by atoms with Gasteiger partial charge in [-0.2, -0.15) is 0 Å². The summed E-state index contributed by atoms with van der Waals surface area (Å²) in [5, 5.41) is 4.93. The Kier molecular flexibility index (Phi) is 6.79. The molecule has 2 atom stereocenters. The van der Waals surface area contributed by atoms with Crippen molar-refractivity contribution in [2.45, 2.75) is 19.8 Å². The fraction of sp³-hybridized carbons (Fsp3) is 0.455. The van der Waals surface area contributed by atoms with E-state index in [1.54, 1.807) is 19.1 Å². The predicted molar refractivity (Wildman–Crippen MR) is 114 cm³/mol. The lowest BCUT2D eigenvalue weighted by molar-refractivity contribution is -0.125. The highest BCUT2D eigenvalue weighted by Crippen LogP contribution is 2.40. The number of ether oxygens (including phenoxy) is 2. The van der Waals surface area contributed by atoms with Crippen LogP contribution in [0.5, 0.6) is 11.5 Å². The molecule has 7 heteroatoms. The molecule has 156 valence electrons. The van der Waals surface area contributed by atoms with E-state index >= 15 is 0 Å². The minimum absolute atomic E-state index is 0.0250. The molecule has 0 saturated carbocycles. The van der Waals surface area contributed by atoms with Crippen molar-refractivity contribution in [3.05, 3.63) is 46.2 Å². The number of thiophene rings is 1. The Hall–Kier alpha value is -2.54. The van der Waals surface area contributed by atoms with E-state index < -0.39 is 0 Å². The smallest absolute Gasteiger partial charge is 0.263 e. The first kappa shape index (κ1) is 21.2. The average molecular weight is 417 g/mol. The lowest BCUT2D eigenvalue weighted by atomic mass is 9.87. The van der Waals surface area contributed by atoms with Gasteiger partial charge in [0.05, 0.1) is 25.0 Å². The summed E-state index contributed by atoms with van der Waals surface area (Å²) in [6, 6.07) is 9.31. The number of nitrogens with zero attached hydrogens (tertiary/aromatic N) is 1. The summed E-state index contributed by atoms with van der Waals surface area (Å²) in [7, 11) is 3.21. The first-order chi connectivity index (χ1) is 13.9. The number of benzene rings is 1. The van der Waals surface area contributed by atoms with Crippen LogP contribution in [0, 0.1) is 11.8 Å². The van der Waals surface area contributed by atoms with Crippen LogP contribution < -0.4 is 14.8 Å². The van der Waals surface area contributed by atoms with Gasteiger partial charge in [-0.15, -0.1) is 11.3 Å². The molecule has 0 bridgehead atoms. The summed E-state index contributed by atoms with van der Waals surface area (Å²) in [5.41, 5.74) is 0.916. The monoisotopic (exact) mass is 416 g/mol. The number of carbonyl (C=O) groups is 2. The zero-order valence-electron chi connectivity index (χ0n) is 17.3. The molecule has 0 radical (unpaired) electrons. The second-order valence-corrected chi connectivity index (χ2v) is 8.59. The van der Waals surface area contributed by atoms with Gasteiger partial charge in [-0.25, -0.2) is 0 Å². The van der Waals surface area contributed by atoms with Crippen molar-refractivity contribution in [3.63, 3.8) is 0 Å². The van der Waals surface area contributed by atoms with Gasteiger partial charge in [0, 0.05) is 37.2 Å². The van der Waals surface area contributed by atoms with Gasteiger partial charge in [0.2, 0.25) is 5.91 Å².